The van der Waals surface area contributed by atoms with E-state index >= 15 is 0 Å². The predicted octanol–water partition coefficient (Wildman–Crippen LogP) is 2.70. The number of aryl methyl sites for hydroxylation is 1. The van der Waals surface area contributed by atoms with E-state index in [4.69, 9.17) is 0 Å². The summed E-state index contributed by atoms with van der Waals surface area (Å²) >= 11 is 0. The van der Waals surface area contributed by atoms with Crippen molar-refractivity contribution in [2.75, 3.05) is 29.9 Å². The zero-order valence-electron chi connectivity index (χ0n) is 11.9. The summed E-state index contributed by atoms with van der Waals surface area (Å²) in [6.07, 6.45) is 1.11. The Kier molecular flexibility index (Phi) is 4.04. The van der Waals surface area contributed by atoms with E-state index in [1.807, 2.05) is 6.92 Å². The number of nitrogens with one attached hydrogen (secondary N) is 1. The maximum absolute atomic E-state index is 4.57. The van der Waals surface area contributed by atoms with Gasteiger partial charge in [-0.3, -0.25) is 0 Å². The van der Waals surface area contributed by atoms with Gasteiger partial charge in [-0.15, -0.1) is 0 Å². The fraction of sp³-hybridized carbons (Fsp3) is 0.714. The Hall–Kier alpha value is -1.32. The lowest BCUT2D eigenvalue weighted by molar-refractivity contribution is 0.494. The summed E-state index contributed by atoms with van der Waals surface area (Å²) in [7, 11) is 0. The van der Waals surface area contributed by atoms with Crippen LogP contribution in [0.5, 0.6) is 0 Å². The summed E-state index contributed by atoms with van der Waals surface area (Å²) in [6.45, 7) is 11.9. The van der Waals surface area contributed by atoms with Gasteiger partial charge in [0.2, 0.25) is 0 Å². The molecule has 0 aliphatic carbocycles. The molecule has 100 valence electrons. The topological polar surface area (TPSA) is 41.0 Å². The lowest BCUT2D eigenvalue weighted by Crippen LogP contribution is -2.21. The molecule has 1 aromatic heterocycles. The molecule has 0 amide bonds. The first-order chi connectivity index (χ1) is 8.60. The van der Waals surface area contributed by atoms with Gasteiger partial charge in [-0.2, -0.15) is 0 Å². The lowest BCUT2D eigenvalue weighted by atomic mass is 10.0. The second kappa shape index (κ2) is 5.55. The zero-order valence-corrected chi connectivity index (χ0v) is 11.9. The minimum Gasteiger partial charge on any atom is -0.370 e. The lowest BCUT2D eigenvalue weighted by Gasteiger charge is -2.18. The monoisotopic (exact) mass is 248 g/mol. The average Bonchev–Trinajstić information content (AvgIpc) is 2.66. The molecule has 2 atom stereocenters. The molecule has 1 N–H and O–H groups in total. The van der Waals surface area contributed by atoms with Crippen LogP contribution in [0.1, 0.15) is 33.0 Å². The highest BCUT2D eigenvalue weighted by molar-refractivity contribution is 5.50. The Morgan fingerprint density at radius 1 is 1.28 bits per heavy atom. The van der Waals surface area contributed by atoms with Crippen molar-refractivity contribution >= 4 is 11.6 Å². The van der Waals surface area contributed by atoms with Crippen LogP contribution in [0.4, 0.5) is 11.6 Å². The van der Waals surface area contributed by atoms with Gasteiger partial charge in [0.25, 0.3) is 0 Å². The van der Waals surface area contributed by atoms with E-state index < -0.39 is 0 Å². The molecule has 2 rings (SSSR count). The van der Waals surface area contributed by atoms with E-state index in [9.17, 15) is 0 Å². The van der Waals surface area contributed by atoms with Crippen molar-refractivity contribution in [2.45, 2.75) is 34.1 Å². The number of hydrogen-bond acceptors (Lipinski definition) is 4. The maximum Gasteiger partial charge on any atom is 0.134 e. The van der Waals surface area contributed by atoms with Crippen LogP contribution in [0.2, 0.25) is 0 Å². The van der Waals surface area contributed by atoms with E-state index in [0.29, 0.717) is 0 Å². The second-order valence-corrected chi connectivity index (χ2v) is 5.44. The molecule has 0 bridgehead atoms. The van der Waals surface area contributed by atoms with Crippen LogP contribution in [0.25, 0.3) is 0 Å². The second-order valence-electron chi connectivity index (χ2n) is 5.44. The first-order valence-electron chi connectivity index (χ1n) is 6.94. The van der Waals surface area contributed by atoms with E-state index in [0.717, 1.165) is 55.4 Å². The third-order valence-electron chi connectivity index (χ3n) is 3.69. The standard InChI is InChI=1S/C14H24N4/c1-5-6-15-13-7-14(17-12(4)16-13)18-8-10(2)11(3)9-18/h7,10-11H,5-6,8-9H2,1-4H3,(H,15,16,17). The quantitative estimate of drug-likeness (QED) is 0.889. The van der Waals surface area contributed by atoms with Crippen LogP contribution in [-0.2, 0) is 0 Å². The molecule has 0 radical (unpaired) electrons. The van der Waals surface area contributed by atoms with Gasteiger partial charge in [0, 0.05) is 25.7 Å². The molecule has 1 aliphatic heterocycles. The SMILES string of the molecule is CCCNc1cc(N2CC(C)C(C)C2)nc(C)n1. The molecular formula is C14H24N4. The van der Waals surface area contributed by atoms with Gasteiger partial charge in [-0.05, 0) is 25.2 Å². The van der Waals surface area contributed by atoms with Gasteiger partial charge >= 0.3 is 0 Å². The molecule has 1 fully saturated rings. The zero-order chi connectivity index (χ0) is 13.1. The van der Waals surface area contributed by atoms with Crippen molar-refractivity contribution in [3.63, 3.8) is 0 Å². The molecule has 0 spiro atoms. The number of anilines is 2. The smallest absolute Gasteiger partial charge is 0.134 e. The van der Waals surface area contributed by atoms with Gasteiger partial charge in [0.15, 0.2) is 0 Å². The largest absolute Gasteiger partial charge is 0.370 e. The van der Waals surface area contributed by atoms with Crippen molar-refractivity contribution in [1.29, 1.82) is 0 Å². The third-order valence-corrected chi connectivity index (χ3v) is 3.69. The Morgan fingerprint density at radius 3 is 2.56 bits per heavy atom. The van der Waals surface area contributed by atoms with Crippen LogP contribution in [0.3, 0.4) is 0 Å². The number of nitrogens with zero attached hydrogens (tertiary/aromatic N) is 3. The first kappa shape index (κ1) is 13.1. The van der Waals surface area contributed by atoms with Crippen molar-refractivity contribution in [3.05, 3.63) is 11.9 Å². The Bertz CT molecular complexity index is 395. The summed E-state index contributed by atoms with van der Waals surface area (Å²) in [6, 6.07) is 2.08. The number of aromatic nitrogens is 2. The van der Waals surface area contributed by atoms with E-state index in [2.05, 4.69) is 47.0 Å². The van der Waals surface area contributed by atoms with Crippen LogP contribution >= 0.6 is 0 Å². The summed E-state index contributed by atoms with van der Waals surface area (Å²) in [5.74, 6) is 4.35. The van der Waals surface area contributed by atoms with Gasteiger partial charge in [-0.25, -0.2) is 9.97 Å². The van der Waals surface area contributed by atoms with E-state index in [1.54, 1.807) is 0 Å². The average molecular weight is 248 g/mol. The highest BCUT2D eigenvalue weighted by Crippen LogP contribution is 2.27. The van der Waals surface area contributed by atoms with Gasteiger partial charge in [0.1, 0.15) is 17.5 Å². The summed E-state index contributed by atoms with van der Waals surface area (Å²) in [5, 5.41) is 3.34. The van der Waals surface area contributed by atoms with Gasteiger partial charge in [0.05, 0.1) is 0 Å². The first-order valence-corrected chi connectivity index (χ1v) is 6.94. The number of hydrogen-bond donors (Lipinski definition) is 1. The van der Waals surface area contributed by atoms with Crippen LogP contribution in [0, 0.1) is 18.8 Å². The molecule has 0 saturated carbocycles. The predicted molar refractivity (Wildman–Crippen MR) is 76.1 cm³/mol. The van der Waals surface area contributed by atoms with Gasteiger partial charge < -0.3 is 10.2 Å². The Balaban J connectivity index is 2.15. The van der Waals surface area contributed by atoms with Crippen LogP contribution in [0.15, 0.2) is 6.07 Å². The summed E-state index contributed by atoms with van der Waals surface area (Å²) in [5.41, 5.74) is 0. The van der Waals surface area contributed by atoms with Crippen molar-refractivity contribution < 1.29 is 0 Å². The molecule has 2 unspecified atom stereocenters. The van der Waals surface area contributed by atoms with Crippen molar-refractivity contribution in [2.24, 2.45) is 11.8 Å². The molecule has 1 saturated heterocycles. The molecule has 1 aliphatic rings. The van der Waals surface area contributed by atoms with Crippen LogP contribution in [-0.4, -0.2) is 29.6 Å². The number of rotatable bonds is 4. The molecule has 4 heteroatoms. The maximum atomic E-state index is 4.57. The highest BCUT2D eigenvalue weighted by atomic mass is 15.2. The van der Waals surface area contributed by atoms with Crippen LogP contribution < -0.4 is 10.2 Å². The fourth-order valence-electron chi connectivity index (χ4n) is 2.37. The molecule has 4 nitrogen and oxygen atoms in total. The molecule has 0 aromatic carbocycles. The Morgan fingerprint density at radius 2 is 1.94 bits per heavy atom. The molecular weight excluding hydrogens is 224 g/mol. The van der Waals surface area contributed by atoms with Crippen molar-refractivity contribution in [1.82, 2.24) is 9.97 Å². The minimum absolute atomic E-state index is 0.743. The third kappa shape index (κ3) is 2.92. The van der Waals surface area contributed by atoms with Crippen molar-refractivity contribution in [3.8, 4) is 0 Å². The Labute approximate surface area is 110 Å². The van der Waals surface area contributed by atoms with E-state index in [1.165, 1.54) is 0 Å². The molecule has 1 aromatic rings. The van der Waals surface area contributed by atoms with E-state index in [-0.39, 0.29) is 0 Å². The molecule has 18 heavy (non-hydrogen) atoms. The minimum atomic E-state index is 0.743. The highest BCUT2D eigenvalue weighted by Gasteiger charge is 2.27. The summed E-state index contributed by atoms with van der Waals surface area (Å²) < 4.78 is 0. The normalized spacial score (nSPS) is 23.4. The molecule has 2 heterocycles. The fourth-order valence-corrected chi connectivity index (χ4v) is 2.37. The summed E-state index contributed by atoms with van der Waals surface area (Å²) in [4.78, 5) is 11.4. The van der Waals surface area contributed by atoms with Gasteiger partial charge in [-0.1, -0.05) is 20.8 Å².